The van der Waals surface area contributed by atoms with Gasteiger partial charge in [0.15, 0.2) is 5.78 Å². The van der Waals surface area contributed by atoms with E-state index < -0.39 is 0 Å². The van der Waals surface area contributed by atoms with Crippen molar-refractivity contribution in [3.63, 3.8) is 0 Å². The van der Waals surface area contributed by atoms with Crippen LogP contribution in [0.25, 0.3) is 0 Å². The van der Waals surface area contributed by atoms with Gasteiger partial charge in [-0.3, -0.25) is 4.79 Å². The Morgan fingerprint density at radius 1 is 1.10 bits per heavy atom. The van der Waals surface area contributed by atoms with Crippen LogP contribution >= 0.6 is 23.2 Å². The largest absolute Gasteiger partial charge is 0.293 e. The average molecular weight is 305 g/mol. The number of hydrogen-bond acceptors (Lipinski definition) is 1. The van der Waals surface area contributed by atoms with E-state index >= 15 is 0 Å². The summed E-state index contributed by atoms with van der Waals surface area (Å²) in [7, 11) is 0. The van der Waals surface area contributed by atoms with Gasteiger partial charge >= 0.3 is 0 Å². The summed E-state index contributed by atoms with van der Waals surface area (Å²) >= 11 is 11.9. The zero-order valence-electron chi connectivity index (χ0n) is 10.9. The van der Waals surface area contributed by atoms with Gasteiger partial charge in [-0.15, -0.1) is 6.58 Å². The molecule has 0 saturated carbocycles. The van der Waals surface area contributed by atoms with Crippen LogP contribution in [0.1, 0.15) is 28.3 Å². The van der Waals surface area contributed by atoms with Gasteiger partial charge in [0, 0.05) is 15.6 Å². The maximum Gasteiger partial charge on any atom is 0.170 e. The summed E-state index contributed by atoms with van der Waals surface area (Å²) in [6.07, 6.45) is 2.32. The molecule has 0 spiro atoms. The molecule has 3 heteroatoms. The molecular formula is C17H14Cl2O. The van der Waals surface area contributed by atoms with Crippen molar-refractivity contribution in [1.82, 2.24) is 0 Å². The molecule has 1 unspecified atom stereocenters. The second kappa shape index (κ2) is 6.74. The van der Waals surface area contributed by atoms with Crippen molar-refractivity contribution in [3.8, 4) is 0 Å². The average Bonchev–Trinajstić information content (AvgIpc) is 2.45. The summed E-state index contributed by atoms with van der Waals surface area (Å²) in [5.74, 6) is -0.226. The van der Waals surface area contributed by atoms with Crippen LogP contribution in [0.15, 0.2) is 61.2 Å². The van der Waals surface area contributed by atoms with Gasteiger partial charge in [0.05, 0.1) is 5.92 Å². The van der Waals surface area contributed by atoms with Gasteiger partial charge < -0.3 is 0 Å². The first-order valence-corrected chi connectivity index (χ1v) is 7.03. The molecule has 20 heavy (non-hydrogen) atoms. The molecule has 2 aromatic carbocycles. The topological polar surface area (TPSA) is 17.1 Å². The Morgan fingerprint density at radius 3 is 2.40 bits per heavy atom. The Balaban J connectivity index is 2.35. The van der Waals surface area contributed by atoms with Crippen LogP contribution in [0.4, 0.5) is 0 Å². The Morgan fingerprint density at radius 2 is 1.80 bits per heavy atom. The fraction of sp³-hybridized carbons (Fsp3) is 0.118. The second-order valence-corrected chi connectivity index (χ2v) is 5.38. The van der Waals surface area contributed by atoms with Crippen molar-refractivity contribution in [1.29, 1.82) is 0 Å². The van der Waals surface area contributed by atoms with Gasteiger partial charge in [-0.2, -0.15) is 0 Å². The fourth-order valence-electron chi connectivity index (χ4n) is 2.10. The molecule has 0 saturated heterocycles. The summed E-state index contributed by atoms with van der Waals surface area (Å²) in [6.45, 7) is 3.73. The third-order valence-corrected chi connectivity index (χ3v) is 3.59. The van der Waals surface area contributed by atoms with Gasteiger partial charge in [0.2, 0.25) is 0 Å². The summed E-state index contributed by atoms with van der Waals surface area (Å²) in [5, 5.41) is 1.24. The van der Waals surface area contributed by atoms with Crippen molar-refractivity contribution in [2.75, 3.05) is 0 Å². The van der Waals surface area contributed by atoms with Gasteiger partial charge in [0.25, 0.3) is 0 Å². The number of rotatable bonds is 5. The number of ketones is 1. The second-order valence-electron chi connectivity index (χ2n) is 4.50. The molecule has 0 aliphatic rings. The van der Waals surface area contributed by atoms with E-state index in [-0.39, 0.29) is 11.7 Å². The Hall–Kier alpha value is -1.57. The first kappa shape index (κ1) is 14.8. The molecule has 2 rings (SSSR count). The SMILES string of the molecule is C=CCC(C(=O)c1ccc(Cl)cc1)c1cccc(Cl)c1. The summed E-state index contributed by atoms with van der Waals surface area (Å²) in [4.78, 5) is 12.6. The quantitative estimate of drug-likeness (QED) is 0.524. The lowest BCUT2D eigenvalue weighted by atomic mass is 9.88. The third kappa shape index (κ3) is 3.50. The first-order chi connectivity index (χ1) is 9.61. The minimum Gasteiger partial charge on any atom is -0.293 e. The fourth-order valence-corrected chi connectivity index (χ4v) is 2.42. The molecular weight excluding hydrogens is 291 g/mol. The predicted octanol–water partition coefficient (Wildman–Crippen LogP) is 5.54. The lowest BCUT2D eigenvalue weighted by Gasteiger charge is -2.15. The van der Waals surface area contributed by atoms with E-state index in [9.17, 15) is 4.79 Å². The molecule has 0 aliphatic heterocycles. The van der Waals surface area contributed by atoms with Crippen LogP contribution in [0.3, 0.4) is 0 Å². The van der Waals surface area contributed by atoms with Crippen molar-refractivity contribution >= 4 is 29.0 Å². The monoisotopic (exact) mass is 304 g/mol. The van der Waals surface area contributed by atoms with Crippen LogP contribution in [-0.2, 0) is 0 Å². The van der Waals surface area contributed by atoms with Crippen LogP contribution < -0.4 is 0 Å². The molecule has 102 valence electrons. The normalized spacial score (nSPS) is 11.9. The zero-order valence-corrected chi connectivity index (χ0v) is 12.4. The van der Waals surface area contributed by atoms with E-state index in [4.69, 9.17) is 23.2 Å². The van der Waals surface area contributed by atoms with E-state index in [1.165, 1.54) is 0 Å². The zero-order chi connectivity index (χ0) is 14.5. The Kier molecular flexibility index (Phi) is 4.99. The lowest BCUT2D eigenvalue weighted by Crippen LogP contribution is -2.12. The van der Waals surface area contributed by atoms with Gasteiger partial charge in [-0.05, 0) is 48.4 Å². The number of allylic oxidation sites excluding steroid dienone is 1. The predicted molar refractivity (Wildman–Crippen MR) is 84.8 cm³/mol. The van der Waals surface area contributed by atoms with Crippen LogP contribution in [0.5, 0.6) is 0 Å². The highest BCUT2D eigenvalue weighted by molar-refractivity contribution is 6.31. The standard InChI is InChI=1S/C17H14Cl2O/c1-2-4-16(13-5-3-6-15(19)11-13)17(20)12-7-9-14(18)10-8-12/h2-3,5-11,16H,1,4H2. The number of benzene rings is 2. The highest BCUT2D eigenvalue weighted by Gasteiger charge is 2.21. The Labute approximate surface area is 128 Å². The molecule has 0 bridgehead atoms. The lowest BCUT2D eigenvalue weighted by molar-refractivity contribution is 0.0960. The summed E-state index contributed by atoms with van der Waals surface area (Å²) in [6, 6.07) is 14.3. The molecule has 0 amide bonds. The summed E-state index contributed by atoms with van der Waals surface area (Å²) < 4.78 is 0. The molecule has 1 atom stereocenters. The smallest absolute Gasteiger partial charge is 0.170 e. The van der Waals surface area contributed by atoms with Gasteiger partial charge in [0.1, 0.15) is 0 Å². The first-order valence-electron chi connectivity index (χ1n) is 6.28. The van der Waals surface area contributed by atoms with E-state index in [1.807, 2.05) is 18.2 Å². The number of carbonyl (C=O) groups excluding carboxylic acids is 1. The highest BCUT2D eigenvalue weighted by atomic mass is 35.5. The Bertz CT molecular complexity index is 617. The highest BCUT2D eigenvalue weighted by Crippen LogP contribution is 2.27. The molecule has 0 aromatic heterocycles. The van der Waals surface area contributed by atoms with Crippen molar-refractivity contribution in [3.05, 3.63) is 82.4 Å². The van der Waals surface area contributed by atoms with Crippen molar-refractivity contribution in [2.24, 2.45) is 0 Å². The number of carbonyl (C=O) groups is 1. The molecule has 0 aliphatic carbocycles. The van der Waals surface area contributed by atoms with Gasteiger partial charge in [-0.1, -0.05) is 41.4 Å². The molecule has 2 aromatic rings. The van der Waals surface area contributed by atoms with E-state index in [0.717, 1.165) is 5.56 Å². The minimum atomic E-state index is -0.271. The molecule has 0 heterocycles. The van der Waals surface area contributed by atoms with E-state index in [1.54, 1.807) is 36.4 Å². The minimum absolute atomic E-state index is 0.0452. The molecule has 0 radical (unpaired) electrons. The van der Waals surface area contributed by atoms with Crippen LogP contribution in [0.2, 0.25) is 10.0 Å². The number of hydrogen-bond donors (Lipinski definition) is 0. The van der Waals surface area contributed by atoms with E-state index in [0.29, 0.717) is 22.0 Å². The van der Waals surface area contributed by atoms with E-state index in [2.05, 4.69) is 6.58 Å². The maximum absolute atomic E-state index is 12.6. The van der Waals surface area contributed by atoms with Crippen molar-refractivity contribution < 1.29 is 4.79 Å². The van der Waals surface area contributed by atoms with Gasteiger partial charge in [-0.25, -0.2) is 0 Å². The third-order valence-electron chi connectivity index (χ3n) is 3.10. The molecule has 0 fully saturated rings. The van der Waals surface area contributed by atoms with Crippen LogP contribution in [-0.4, -0.2) is 5.78 Å². The van der Waals surface area contributed by atoms with Crippen molar-refractivity contribution in [2.45, 2.75) is 12.3 Å². The summed E-state index contributed by atoms with van der Waals surface area (Å²) in [5.41, 5.74) is 1.54. The number of halogens is 2. The van der Waals surface area contributed by atoms with Crippen LogP contribution in [0, 0.1) is 0 Å². The molecule has 1 nitrogen and oxygen atoms in total. The maximum atomic E-state index is 12.6. The number of Topliss-reactive ketones (excluding diaryl/α,β-unsaturated/α-hetero) is 1. The molecule has 0 N–H and O–H groups in total.